The van der Waals surface area contributed by atoms with E-state index in [1.807, 2.05) is 12.1 Å². The summed E-state index contributed by atoms with van der Waals surface area (Å²) in [5, 5.41) is 9.57. The second-order valence-electron chi connectivity index (χ2n) is 3.91. The number of halogens is 1. The first kappa shape index (κ1) is 12.7. The third-order valence-electron chi connectivity index (χ3n) is 2.50. The van der Waals surface area contributed by atoms with Gasteiger partial charge in [0.2, 0.25) is 0 Å². The molecule has 0 heterocycles. The van der Waals surface area contributed by atoms with Crippen LogP contribution in [0.1, 0.15) is 12.8 Å². The van der Waals surface area contributed by atoms with Crippen LogP contribution in [0.4, 0.5) is 5.69 Å². The van der Waals surface area contributed by atoms with Crippen molar-refractivity contribution in [1.29, 1.82) is 0 Å². The van der Waals surface area contributed by atoms with Gasteiger partial charge in [-0.15, -0.1) is 0 Å². The molecule has 0 fully saturated rings. The Morgan fingerprint density at radius 2 is 1.83 bits per heavy atom. The molecule has 1 aromatic carbocycles. The molecule has 0 saturated carbocycles. The van der Waals surface area contributed by atoms with E-state index in [0.717, 1.165) is 4.47 Å². The van der Waals surface area contributed by atoms with Gasteiger partial charge in [-0.05, 0) is 24.3 Å². The summed E-state index contributed by atoms with van der Waals surface area (Å²) in [5.41, 5.74) is 0.792. The van der Waals surface area contributed by atoms with Crippen molar-refractivity contribution in [2.45, 2.75) is 12.8 Å². The standard InChI is InChI=1S/C13H10BrNO3/c14-8-1-3-9(4-2-8)15-7-11-12(17)5-10(16)6-13(11)18/h1-4,7,17H,5-6H2. The molecule has 0 radical (unpaired) electrons. The Balaban J connectivity index is 2.23. The van der Waals surface area contributed by atoms with Gasteiger partial charge < -0.3 is 5.11 Å². The predicted molar refractivity (Wildman–Crippen MR) is 71.2 cm³/mol. The number of aliphatic hydroxyl groups is 1. The van der Waals surface area contributed by atoms with E-state index in [-0.39, 0.29) is 35.7 Å². The van der Waals surface area contributed by atoms with Crippen LogP contribution in [-0.2, 0) is 9.59 Å². The van der Waals surface area contributed by atoms with Crippen LogP contribution in [0.2, 0.25) is 0 Å². The highest BCUT2D eigenvalue weighted by Crippen LogP contribution is 2.19. The van der Waals surface area contributed by atoms with Crippen LogP contribution in [0.15, 0.2) is 45.1 Å². The molecule has 1 N–H and O–H groups in total. The molecule has 92 valence electrons. The molecule has 0 amide bonds. The Kier molecular flexibility index (Phi) is 3.72. The van der Waals surface area contributed by atoms with Gasteiger partial charge in [0.15, 0.2) is 5.78 Å². The van der Waals surface area contributed by atoms with E-state index in [0.29, 0.717) is 5.69 Å². The quantitative estimate of drug-likeness (QED) is 0.675. The van der Waals surface area contributed by atoms with Crippen molar-refractivity contribution in [3.8, 4) is 0 Å². The van der Waals surface area contributed by atoms with Gasteiger partial charge in [-0.1, -0.05) is 15.9 Å². The monoisotopic (exact) mass is 307 g/mol. The van der Waals surface area contributed by atoms with Crippen LogP contribution in [0.3, 0.4) is 0 Å². The number of allylic oxidation sites excluding steroid dienone is 2. The minimum atomic E-state index is -0.385. The third-order valence-corrected chi connectivity index (χ3v) is 3.03. The van der Waals surface area contributed by atoms with Crippen LogP contribution >= 0.6 is 15.9 Å². The average molecular weight is 308 g/mol. The molecule has 0 spiro atoms. The van der Waals surface area contributed by atoms with E-state index in [4.69, 9.17) is 0 Å². The van der Waals surface area contributed by atoms with Crippen LogP contribution < -0.4 is 0 Å². The maximum Gasteiger partial charge on any atom is 0.175 e. The second-order valence-corrected chi connectivity index (χ2v) is 4.83. The fraction of sp³-hybridized carbons (Fsp3) is 0.154. The van der Waals surface area contributed by atoms with E-state index in [2.05, 4.69) is 20.9 Å². The molecule has 4 nitrogen and oxygen atoms in total. The zero-order valence-corrected chi connectivity index (χ0v) is 11.0. The van der Waals surface area contributed by atoms with E-state index in [1.54, 1.807) is 12.1 Å². The lowest BCUT2D eigenvalue weighted by Gasteiger charge is -2.10. The van der Waals surface area contributed by atoms with Crippen LogP contribution in [-0.4, -0.2) is 22.9 Å². The number of rotatable bonds is 2. The summed E-state index contributed by atoms with van der Waals surface area (Å²) in [6, 6.07) is 7.20. The molecule has 1 aliphatic rings. The highest BCUT2D eigenvalue weighted by molar-refractivity contribution is 9.10. The van der Waals surface area contributed by atoms with Gasteiger partial charge in [0.05, 0.1) is 24.1 Å². The van der Waals surface area contributed by atoms with Gasteiger partial charge in [0.25, 0.3) is 0 Å². The summed E-state index contributed by atoms with van der Waals surface area (Å²) >= 11 is 3.31. The zero-order chi connectivity index (χ0) is 13.1. The highest BCUT2D eigenvalue weighted by Gasteiger charge is 2.24. The van der Waals surface area contributed by atoms with Crippen molar-refractivity contribution in [3.05, 3.63) is 40.1 Å². The van der Waals surface area contributed by atoms with Gasteiger partial charge >= 0.3 is 0 Å². The van der Waals surface area contributed by atoms with Crippen molar-refractivity contribution in [2.75, 3.05) is 0 Å². The minimum Gasteiger partial charge on any atom is -0.511 e. The Morgan fingerprint density at radius 3 is 2.44 bits per heavy atom. The maximum absolute atomic E-state index is 11.6. The fourth-order valence-electron chi connectivity index (χ4n) is 1.59. The van der Waals surface area contributed by atoms with Crippen LogP contribution in [0, 0.1) is 0 Å². The van der Waals surface area contributed by atoms with Crippen molar-refractivity contribution in [1.82, 2.24) is 0 Å². The van der Waals surface area contributed by atoms with Crippen molar-refractivity contribution >= 4 is 39.4 Å². The number of ketones is 2. The molecule has 1 aliphatic carbocycles. The lowest BCUT2D eigenvalue weighted by atomic mass is 9.96. The minimum absolute atomic E-state index is 0.0899. The van der Waals surface area contributed by atoms with Gasteiger partial charge in [-0.25, -0.2) is 0 Å². The number of hydrogen-bond acceptors (Lipinski definition) is 4. The van der Waals surface area contributed by atoms with Gasteiger partial charge in [-0.2, -0.15) is 0 Å². The number of Topliss-reactive ketones (excluding diaryl/α,β-unsaturated/α-hetero) is 2. The normalized spacial score (nSPS) is 16.7. The van der Waals surface area contributed by atoms with E-state index in [1.165, 1.54) is 6.21 Å². The summed E-state index contributed by atoms with van der Waals surface area (Å²) in [5.74, 6) is -0.847. The molecule has 0 atom stereocenters. The Labute approximate surface area is 112 Å². The number of hydrogen-bond donors (Lipinski definition) is 1. The summed E-state index contributed by atoms with van der Waals surface area (Å²) < 4.78 is 0.933. The Bertz CT molecular complexity index is 558. The first-order chi connectivity index (χ1) is 8.56. The maximum atomic E-state index is 11.6. The lowest BCUT2D eigenvalue weighted by Crippen LogP contribution is -2.19. The van der Waals surface area contributed by atoms with Gasteiger partial charge in [-0.3, -0.25) is 14.6 Å². The molecular weight excluding hydrogens is 298 g/mol. The zero-order valence-electron chi connectivity index (χ0n) is 9.39. The molecule has 18 heavy (non-hydrogen) atoms. The summed E-state index contributed by atoms with van der Waals surface area (Å²) in [6.07, 6.45) is 1.06. The molecular formula is C13H10BrNO3. The van der Waals surface area contributed by atoms with Gasteiger partial charge in [0, 0.05) is 10.7 Å². The molecule has 0 bridgehead atoms. The SMILES string of the molecule is O=C1CC(=O)C(C=Nc2ccc(Br)cc2)=C(O)C1. The average Bonchev–Trinajstić information content (AvgIpc) is 2.30. The van der Waals surface area contributed by atoms with Crippen molar-refractivity contribution in [2.24, 2.45) is 4.99 Å². The molecule has 2 rings (SSSR count). The molecule has 1 aromatic rings. The number of carbonyl (C=O) groups excluding carboxylic acids is 2. The third kappa shape index (κ3) is 2.92. The van der Waals surface area contributed by atoms with Crippen molar-refractivity contribution in [3.63, 3.8) is 0 Å². The number of aliphatic hydroxyl groups excluding tert-OH is 1. The highest BCUT2D eigenvalue weighted by atomic mass is 79.9. The first-order valence-electron chi connectivity index (χ1n) is 5.33. The van der Waals surface area contributed by atoms with E-state index >= 15 is 0 Å². The van der Waals surface area contributed by atoms with Gasteiger partial charge in [0.1, 0.15) is 11.5 Å². The topological polar surface area (TPSA) is 66.7 Å². The van der Waals surface area contributed by atoms with Crippen LogP contribution in [0.25, 0.3) is 0 Å². The van der Waals surface area contributed by atoms with E-state index < -0.39 is 0 Å². The molecule has 0 unspecified atom stereocenters. The summed E-state index contributed by atoms with van der Waals surface area (Å²) in [6.45, 7) is 0. The number of aliphatic imine (C=N–C) groups is 1. The molecule has 0 saturated heterocycles. The first-order valence-corrected chi connectivity index (χ1v) is 6.12. The summed E-state index contributed by atoms with van der Waals surface area (Å²) in [4.78, 5) is 26.7. The number of benzene rings is 1. The Hall–Kier alpha value is -1.75. The molecule has 0 aromatic heterocycles. The fourth-order valence-corrected chi connectivity index (χ4v) is 1.86. The van der Waals surface area contributed by atoms with Crippen LogP contribution in [0.5, 0.6) is 0 Å². The lowest BCUT2D eigenvalue weighted by molar-refractivity contribution is -0.125. The summed E-state index contributed by atoms with van der Waals surface area (Å²) in [7, 11) is 0. The Morgan fingerprint density at radius 1 is 1.17 bits per heavy atom. The number of carbonyl (C=O) groups is 2. The largest absolute Gasteiger partial charge is 0.511 e. The molecule has 5 heteroatoms. The predicted octanol–water partition coefficient (Wildman–Crippen LogP) is 2.90. The second kappa shape index (κ2) is 5.27. The van der Waals surface area contributed by atoms with E-state index in [9.17, 15) is 14.7 Å². The van der Waals surface area contributed by atoms with Crippen molar-refractivity contribution < 1.29 is 14.7 Å². The smallest absolute Gasteiger partial charge is 0.175 e. The molecule has 0 aliphatic heterocycles. The number of nitrogens with zero attached hydrogens (tertiary/aromatic N) is 1.